The summed E-state index contributed by atoms with van der Waals surface area (Å²) in [6.45, 7) is 3.77. The molecule has 0 saturated heterocycles. The summed E-state index contributed by atoms with van der Waals surface area (Å²) in [4.78, 5) is 12.3. The summed E-state index contributed by atoms with van der Waals surface area (Å²) in [5, 5.41) is 7.05. The fraction of sp³-hybridized carbons (Fsp3) is 0.111. The average molecular weight is 327 g/mol. The molecule has 24 heavy (non-hydrogen) atoms. The molecule has 0 aliphatic carbocycles. The summed E-state index contributed by atoms with van der Waals surface area (Å²) in [6.07, 6.45) is 0. The molecule has 3 aromatic rings. The third kappa shape index (κ3) is 3.03. The highest BCUT2D eigenvalue weighted by Crippen LogP contribution is 2.22. The predicted molar refractivity (Wildman–Crippen MR) is 87.3 cm³/mol. The third-order valence-electron chi connectivity index (χ3n) is 3.57. The van der Waals surface area contributed by atoms with E-state index in [1.54, 1.807) is 22.9 Å². The number of aryl methyl sites for hydroxylation is 2. The van der Waals surface area contributed by atoms with Crippen LogP contribution in [0.15, 0.2) is 48.5 Å². The van der Waals surface area contributed by atoms with Crippen LogP contribution in [0.4, 0.5) is 14.5 Å². The molecule has 1 N–H and O–H groups in total. The van der Waals surface area contributed by atoms with E-state index in [1.165, 1.54) is 0 Å². The van der Waals surface area contributed by atoms with Crippen molar-refractivity contribution in [1.29, 1.82) is 0 Å². The number of hydrogen-bond acceptors (Lipinski definition) is 2. The molecular formula is C18H15F2N3O. The van der Waals surface area contributed by atoms with Gasteiger partial charge in [0.1, 0.15) is 11.6 Å². The topological polar surface area (TPSA) is 46.9 Å². The van der Waals surface area contributed by atoms with Gasteiger partial charge in [0.05, 0.1) is 22.6 Å². The predicted octanol–water partition coefficient (Wildman–Crippen LogP) is 4.02. The number of benzene rings is 2. The van der Waals surface area contributed by atoms with E-state index in [1.807, 2.05) is 26.0 Å². The molecule has 2 aromatic carbocycles. The number of carbonyl (C=O) groups is 1. The number of hydrogen-bond donors (Lipinski definition) is 1. The summed E-state index contributed by atoms with van der Waals surface area (Å²) < 4.78 is 28.5. The number of carbonyl (C=O) groups excluding carboxylic acids is 1. The number of para-hydroxylation sites is 2. The number of aromatic nitrogens is 2. The Morgan fingerprint density at radius 3 is 2.50 bits per heavy atom. The average Bonchev–Trinajstić information content (AvgIpc) is 2.86. The van der Waals surface area contributed by atoms with Crippen LogP contribution in [0.25, 0.3) is 5.69 Å². The van der Waals surface area contributed by atoms with Crippen LogP contribution in [-0.4, -0.2) is 15.7 Å². The van der Waals surface area contributed by atoms with Gasteiger partial charge in [0, 0.05) is 11.8 Å². The lowest BCUT2D eigenvalue weighted by atomic mass is 10.2. The van der Waals surface area contributed by atoms with Gasteiger partial charge in [-0.05, 0) is 44.2 Å². The van der Waals surface area contributed by atoms with Gasteiger partial charge in [-0.3, -0.25) is 4.79 Å². The van der Waals surface area contributed by atoms with E-state index in [2.05, 4.69) is 10.4 Å². The van der Waals surface area contributed by atoms with Crippen molar-refractivity contribution in [3.63, 3.8) is 0 Å². The quantitative estimate of drug-likeness (QED) is 0.790. The lowest BCUT2D eigenvalue weighted by Crippen LogP contribution is -2.16. The van der Waals surface area contributed by atoms with Crippen molar-refractivity contribution in [2.24, 2.45) is 0 Å². The fourth-order valence-electron chi connectivity index (χ4n) is 2.50. The Hall–Kier alpha value is -3.02. The van der Waals surface area contributed by atoms with Crippen LogP contribution >= 0.6 is 0 Å². The van der Waals surface area contributed by atoms with Crippen molar-refractivity contribution in [3.05, 3.63) is 77.1 Å². The van der Waals surface area contributed by atoms with Crippen molar-refractivity contribution in [3.8, 4) is 5.69 Å². The first-order chi connectivity index (χ1) is 11.5. The summed E-state index contributed by atoms with van der Waals surface area (Å²) in [7, 11) is 0. The zero-order valence-corrected chi connectivity index (χ0v) is 13.2. The molecule has 3 rings (SSSR count). The molecule has 6 heteroatoms. The number of anilines is 1. The zero-order valence-electron chi connectivity index (χ0n) is 13.2. The van der Waals surface area contributed by atoms with E-state index in [9.17, 15) is 13.6 Å². The van der Waals surface area contributed by atoms with Crippen LogP contribution in [0.3, 0.4) is 0 Å². The minimum absolute atomic E-state index is 0.223. The second kappa shape index (κ2) is 6.23. The molecule has 0 spiro atoms. The second-order valence-corrected chi connectivity index (χ2v) is 5.43. The zero-order chi connectivity index (χ0) is 17.3. The largest absolute Gasteiger partial charge is 0.320 e. The SMILES string of the molecule is Cc1cc(C)n(-c2ccccc2NC(=O)c2ccc(F)cc2F)n1. The van der Waals surface area contributed by atoms with Crippen molar-refractivity contribution < 1.29 is 13.6 Å². The van der Waals surface area contributed by atoms with Crippen LogP contribution in [0.2, 0.25) is 0 Å². The molecule has 0 aliphatic rings. The Bertz CT molecular complexity index is 918. The molecule has 0 unspecified atom stereocenters. The number of rotatable bonds is 3. The summed E-state index contributed by atoms with van der Waals surface area (Å²) in [5.74, 6) is -2.29. The summed E-state index contributed by atoms with van der Waals surface area (Å²) in [5.41, 5.74) is 2.68. The van der Waals surface area contributed by atoms with Gasteiger partial charge < -0.3 is 5.32 Å². The maximum atomic E-state index is 13.8. The van der Waals surface area contributed by atoms with E-state index in [0.717, 1.165) is 23.5 Å². The Morgan fingerprint density at radius 2 is 1.83 bits per heavy atom. The first-order valence-electron chi connectivity index (χ1n) is 7.35. The van der Waals surface area contributed by atoms with Crippen molar-refractivity contribution >= 4 is 11.6 Å². The number of amides is 1. The molecule has 4 nitrogen and oxygen atoms in total. The molecule has 0 aliphatic heterocycles. The molecule has 1 amide bonds. The van der Waals surface area contributed by atoms with E-state index in [-0.39, 0.29) is 5.56 Å². The van der Waals surface area contributed by atoms with E-state index >= 15 is 0 Å². The van der Waals surface area contributed by atoms with Gasteiger partial charge in [0.15, 0.2) is 0 Å². The molecule has 0 saturated carbocycles. The second-order valence-electron chi connectivity index (χ2n) is 5.43. The number of halogens is 2. The van der Waals surface area contributed by atoms with Gasteiger partial charge in [-0.2, -0.15) is 5.10 Å². The summed E-state index contributed by atoms with van der Waals surface area (Å²) in [6, 6.07) is 11.8. The Morgan fingerprint density at radius 1 is 1.08 bits per heavy atom. The maximum Gasteiger partial charge on any atom is 0.258 e. The highest BCUT2D eigenvalue weighted by Gasteiger charge is 2.15. The minimum atomic E-state index is -0.906. The molecule has 0 fully saturated rings. The van der Waals surface area contributed by atoms with Crippen molar-refractivity contribution in [1.82, 2.24) is 9.78 Å². The van der Waals surface area contributed by atoms with Gasteiger partial charge in [-0.1, -0.05) is 12.1 Å². The van der Waals surface area contributed by atoms with Gasteiger partial charge in [0.2, 0.25) is 0 Å². The molecule has 122 valence electrons. The van der Waals surface area contributed by atoms with Crippen LogP contribution < -0.4 is 5.32 Å². The first kappa shape index (κ1) is 15.9. The van der Waals surface area contributed by atoms with Crippen molar-refractivity contribution in [2.45, 2.75) is 13.8 Å². The normalized spacial score (nSPS) is 10.7. The molecule has 1 heterocycles. The van der Waals surface area contributed by atoms with Crippen LogP contribution in [0, 0.1) is 25.5 Å². The smallest absolute Gasteiger partial charge is 0.258 e. The lowest BCUT2D eigenvalue weighted by molar-refractivity contribution is 0.102. The van der Waals surface area contributed by atoms with Crippen LogP contribution in [-0.2, 0) is 0 Å². The Labute approximate surface area is 137 Å². The highest BCUT2D eigenvalue weighted by molar-refractivity contribution is 6.05. The van der Waals surface area contributed by atoms with Gasteiger partial charge in [0.25, 0.3) is 5.91 Å². The van der Waals surface area contributed by atoms with Gasteiger partial charge >= 0.3 is 0 Å². The molecule has 0 bridgehead atoms. The summed E-state index contributed by atoms with van der Waals surface area (Å²) >= 11 is 0. The van der Waals surface area contributed by atoms with Gasteiger partial charge in [-0.15, -0.1) is 0 Å². The number of nitrogens with one attached hydrogen (secondary N) is 1. The molecule has 0 radical (unpaired) electrons. The van der Waals surface area contributed by atoms with E-state index in [0.29, 0.717) is 17.4 Å². The highest BCUT2D eigenvalue weighted by atomic mass is 19.1. The molecular weight excluding hydrogens is 312 g/mol. The van der Waals surface area contributed by atoms with Crippen molar-refractivity contribution in [2.75, 3.05) is 5.32 Å². The maximum absolute atomic E-state index is 13.8. The van der Waals surface area contributed by atoms with E-state index < -0.39 is 17.5 Å². The van der Waals surface area contributed by atoms with Crippen LogP contribution in [0.5, 0.6) is 0 Å². The monoisotopic (exact) mass is 327 g/mol. The van der Waals surface area contributed by atoms with Crippen LogP contribution in [0.1, 0.15) is 21.7 Å². The molecule has 1 aromatic heterocycles. The fourth-order valence-corrected chi connectivity index (χ4v) is 2.50. The number of nitrogens with zero attached hydrogens (tertiary/aromatic N) is 2. The lowest BCUT2D eigenvalue weighted by Gasteiger charge is -2.12. The Kier molecular flexibility index (Phi) is 4.12. The first-order valence-corrected chi connectivity index (χ1v) is 7.35. The standard InChI is InChI=1S/C18H15F2N3O/c1-11-9-12(2)23(22-11)17-6-4-3-5-16(17)21-18(24)14-8-7-13(19)10-15(14)20/h3-10H,1-2H3,(H,21,24). The Balaban J connectivity index is 1.96. The van der Waals surface area contributed by atoms with Gasteiger partial charge in [-0.25, -0.2) is 13.5 Å². The minimum Gasteiger partial charge on any atom is -0.320 e. The third-order valence-corrected chi connectivity index (χ3v) is 3.57. The van der Waals surface area contributed by atoms with E-state index in [4.69, 9.17) is 0 Å². The molecule has 0 atom stereocenters.